The van der Waals surface area contributed by atoms with Gasteiger partial charge >= 0.3 is 5.09 Å². The number of ether oxygens (including phenoxy) is 2. The fraction of sp³-hybridized carbons (Fsp3) is 0.150. The van der Waals surface area contributed by atoms with Crippen LogP contribution in [0, 0.1) is 10.1 Å². The quantitative estimate of drug-likeness (QED) is 0.162. The molecule has 0 bridgehead atoms. The van der Waals surface area contributed by atoms with Gasteiger partial charge < -0.3 is 9.47 Å². The molecule has 0 saturated carbocycles. The molecule has 0 radical (unpaired) electrons. The Morgan fingerprint density at radius 2 is 1.81 bits per heavy atom. The monoisotopic (exact) mass is 483 g/mol. The second kappa shape index (κ2) is 11.0. The Hall–Kier alpha value is -2.78. The number of hydrogen-bond donors (Lipinski definition) is 0. The standard InChI is InChI=1S/C20H16Cl3N3O5/c21-15-3-1-14(2-4-15)12-29-9-10-30-19(17-6-5-16(22)11-18(17)23)20(31-26(27)28)25-8-7-24-13-25/h1-8,11,13H,9-10,12H2/b20-19+. The number of halogens is 3. The van der Waals surface area contributed by atoms with E-state index in [4.69, 9.17) is 49.1 Å². The van der Waals surface area contributed by atoms with Gasteiger partial charge in [0.2, 0.25) is 5.88 Å². The maximum atomic E-state index is 11.1. The van der Waals surface area contributed by atoms with Crippen LogP contribution in [0.15, 0.2) is 61.2 Å². The van der Waals surface area contributed by atoms with Crippen molar-refractivity contribution in [2.45, 2.75) is 6.61 Å². The first kappa shape index (κ1) is 22.9. The Morgan fingerprint density at radius 1 is 1.06 bits per heavy atom. The van der Waals surface area contributed by atoms with E-state index in [1.54, 1.807) is 24.3 Å². The zero-order chi connectivity index (χ0) is 22.2. The second-order valence-corrected chi connectivity index (χ2v) is 7.35. The number of benzene rings is 2. The first-order valence-electron chi connectivity index (χ1n) is 8.89. The van der Waals surface area contributed by atoms with E-state index in [-0.39, 0.29) is 29.9 Å². The summed E-state index contributed by atoms with van der Waals surface area (Å²) in [4.78, 5) is 19.8. The van der Waals surface area contributed by atoms with E-state index in [0.29, 0.717) is 22.2 Å². The third kappa shape index (κ3) is 6.60. The molecule has 2 aromatic carbocycles. The van der Waals surface area contributed by atoms with Crippen molar-refractivity contribution in [3.8, 4) is 0 Å². The highest BCUT2D eigenvalue weighted by Gasteiger charge is 2.20. The fourth-order valence-electron chi connectivity index (χ4n) is 2.56. The minimum atomic E-state index is -0.945. The summed E-state index contributed by atoms with van der Waals surface area (Å²) < 4.78 is 12.7. The molecule has 0 aliphatic carbocycles. The zero-order valence-electron chi connectivity index (χ0n) is 15.9. The largest absolute Gasteiger partial charge is 0.486 e. The van der Waals surface area contributed by atoms with Crippen LogP contribution >= 0.6 is 34.8 Å². The maximum Gasteiger partial charge on any atom is 0.301 e. The molecule has 0 atom stereocenters. The summed E-state index contributed by atoms with van der Waals surface area (Å²) in [6, 6.07) is 11.9. The summed E-state index contributed by atoms with van der Waals surface area (Å²) >= 11 is 18.2. The van der Waals surface area contributed by atoms with Crippen molar-refractivity contribution in [1.82, 2.24) is 9.55 Å². The van der Waals surface area contributed by atoms with Gasteiger partial charge in [-0.1, -0.05) is 46.9 Å². The normalized spacial score (nSPS) is 11.7. The summed E-state index contributed by atoms with van der Waals surface area (Å²) in [7, 11) is 0. The topological polar surface area (TPSA) is 88.7 Å². The smallest absolute Gasteiger partial charge is 0.301 e. The van der Waals surface area contributed by atoms with E-state index < -0.39 is 5.09 Å². The van der Waals surface area contributed by atoms with Crippen LogP contribution in [-0.4, -0.2) is 27.9 Å². The van der Waals surface area contributed by atoms with Crippen molar-refractivity contribution in [2.75, 3.05) is 13.2 Å². The lowest BCUT2D eigenvalue weighted by Crippen LogP contribution is -2.12. The Morgan fingerprint density at radius 3 is 2.45 bits per heavy atom. The molecule has 0 amide bonds. The number of rotatable bonds is 10. The van der Waals surface area contributed by atoms with Gasteiger partial charge in [-0.15, -0.1) is 10.1 Å². The summed E-state index contributed by atoms with van der Waals surface area (Å²) in [6.07, 6.45) is 4.26. The second-order valence-electron chi connectivity index (χ2n) is 6.07. The van der Waals surface area contributed by atoms with E-state index in [1.165, 1.54) is 29.4 Å². The molecule has 8 nitrogen and oxygen atoms in total. The van der Waals surface area contributed by atoms with Gasteiger partial charge in [-0.3, -0.25) is 9.40 Å². The van der Waals surface area contributed by atoms with Gasteiger partial charge in [0.25, 0.3) is 0 Å². The molecule has 162 valence electrons. The van der Waals surface area contributed by atoms with Gasteiger partial charge in [0, 0.05) is 28.0 Å². The van der Waals surface area contributed by atoms with E-state index in [0.717, 1.165) is 5.56 Å². The van der Waals surface area contributed by atoms with Crippen molar-refractivity contribution in [1.29, 1.82) is 0 Å². The van der Waals surface area contributed by atoms with Gasteiger partial charge in [0.05, 0.1) is 18.2 Å². The number of aromatic nitrogens is 2. The van der Waals surface area contributed by atoms with E-state index in [9.17, 15) is 10.1 Å². The molecule has 0 aliphatic rings. The predicted octanol–water partition coefficient (Wildman–Crippen LogP) is 5.57. The highest BCUT2D eigenvalue weighted by atomic mass is 35.5. The van der Waals surface area contributed by atoms with Crippen LogP contribution in [0.5, 0.6) is 0 Å². The van der Waals surface area contributed by atoms with E-state index >= 15 is 0 Å². The van der Waals surface area contributed by atoms with Crippen LogP contribution in [0.1, 0.15) is 11.1 Å². The van der Waals surface area contributed by atoms with Crippen molar-refractivity contribution < 1.29 is 19.4 Å². The molecule has 0 unspecified atom stereocenters. The zero-order valence-corrected chi connectivity index (χ0v) is 18.2. The average Bonchev–Trinajstić information content (AvgIpc) is 3.26. The minimum Gasteiger partial charge on any atom is -0.486 e. The highest BCUT2D eigenvalue weighted by molar-refractivity contribution is 6.35. The molecule has 3 aromatic rings. The van der Waals surface area contributed by atoms with Crippen LogP contribution in [0.25, 0.3) is 11.6 Å². The molecule has 0 N–H and O–H groups in total. The lowest BCUT2D eigenvalue weighted by atomic mass is 10.2. The van der Waals surface area contributed by atoms with Crippen LogP contribution in [-0.2, 0) is 20.9 Å². The molecule has 0 fully saturated rings. The number of imidazole rings is 1. The Labute approximate surface area is 192 Å². The fourth-order valence-corrected chi connectivity index (χ4v) is 3.18. The summed E-state index contributed by atoms with van der Waals surface area (Å²) in [5.74, 6) is -0.184. The SMILES string of the molecule is O=[N+]([O-])O/C(=C(/OCCOCc1ccc(Cl)cc1)c1ccc(Cl)cc1Cl)n1ccnc1. The van der Waals surface area contributed by atoms with Crippen LogP contribution in [0.4, 0.5) is 0 Å². The van der Waals surface area contributed by atoms with Crippen molar-refractivity contribution in [3.63, 3.8) is 0 Å². The molecular weight excluding hydrogens is 469 g/mol. The van der Waals surface area contributed by atoms with Crippen LogP contribution in [0.2, 0.25) is 15.1 Å². The first-order valence-corrected chi connectivity index (χ1v) is 10.0. The molecule has 0 aliphatic heterocycles. The third-order valence-corrected chi connectivity index (χ3v) is 4.73. The molecule has 3 rings (SSSR count). The Bertz CT molecular complexity index is 1060. The lowest BCUT2D eigenvalue weighted by molar-refractivity contribution is -0.731. The molecule has 31 heavy (non-hydrogen) atoms. The number of nitrogens with zero attached hydrogens (tertiary/aromatic N) is 3. The van der Waals surface area contributed by atoms with Gasteiger partial charge in [0.15, 0.2) is 5.76 Å². The third-order valence-electron chi connectivity index (χ3n) is 3.93. The summed E-state index contributed by atoms with van der Waals surface area (Å²) in [5.41, 5.74) is 1.30. The van der Waals surface area contributed by atoms with Gasteiger partial charge in [0.1, 0.15) is 12.9 Å². The molecule has 1 heterocycles. The molecule has 0 saturated heterocycles. The maximum absolute atomic E-state index is 11.1. The minimum absolute atomic E-state index is 0.0338. The van der Waals surface area contributed by atoms with Crippen molar-refractivity contribution in [2.24, 2.45) is 0 Å². The van der Waals surface area contributed by atoms with Gasteiger partial charge in [-0.05, 0) is 35.9 Å². The summed E-state index contributed by atoms with van der Waals surface area (Å²) in [6.45, 7) is 0.620. The van der Waals surface area contributed by atoms with Crippen molar-refractivity contribution in [3.05, 3.63) is 97.5 Å². The Balaban J connectivity index is 1.80. The van der Waals surface area contributed by atoms with Crippen LogP contribution in [0.3, 0.4) is 0 Å². The van der Waals surface area contributed by atoms with Crippen LogP contribution < -0.4 is 0 Å². The van der Waals surface area contributed by atoms with E-state index in [1.807, 2.05) is 12.1 Å². The molecule has 0 spiro atoms. The summed E-state index contributed by atoms with van der Waals surface area (Å²) in [5, 5.41) is 11.4. The van der Waals surface area contributed by atoms with Gasteiger partial charge in [-0.25, -0.2) is 4.98 Å². The molecular formula is C20H16Cl3N3O5. The average molecular weight is 485 g/mol. The predicted molar refractivity (Wildman–Crippen MR) is 117 cm³/mol. The molecule has 11 heteroatoms. The highest BCUT2D eigenvalue weighted by Crippen LogP contribution is 2.32. The van der Waals surface area contributed by atoms with Gasteiger partial charge in [-0.2, -0.15) is 0 Å². The number of hydrogen-bond acceptors (Lipinski definition) is 6. The van der Waals surface area contributed by atoms with E-state index in [2.05, 4.69) is 4.98 Å². The first-order chi connectivity index (χ1) is 14.9. The lowest BCUT2D eigenvalue weighted by Gasteiger charge is -2.17. The Kier molecular flexibility index (Phi) is 8.13. The van der Waals surface area contributed by atoms with Crippen molar-refractivity contribution >= 4 is 46.4 Å². The molecule has 1 aromatic heterocycles.